The van der Waals surface area contributed by atoms with Crippen LogP contribution in [0, 0.1) is 0 Å². The highest BCUT2D eigenvalue weighted by Crippen LogP contribution is 2.35. The van der Waals surface area contributed by atoms with Gasteiger partial charge < -0.3 is 25.8 Å². The molecule has 0 bridgehead atoms. The molecule has 4 N–H and O–H groups in total. The number of anilines is 3. The number of hydrogen-bond acceptors (Lipinski definition) is 5. The van der Waals surface area contributed by atoms with Crippen molar-refractivity contribution in [1.29, 1.82) is 0 Å². The van der Waals surface area contributed by atoms with E-state index in [0.29, 0.717) is 34.4 Å². The normalized spacial score (nSPS) is 11.2. The summed E-state index contributed by atoms with van der Waals surface area (Å²) < 4.78 is 11.5. The van der Waals surface area contributed by atoms with Gasteiger partial charge in [0.2, 0.25) is 0 Å². The Kier molecular flexibility index (Phi) is 6.27. The van der Waals surface area contributed by atoms with Crippen LogP contribution in [0.25, 0.3) is 10.8 Å². The molecule has 1 aromatic heterocycles. The molecular weight excluding hydrogens is 428 g/mol. The molecule has 3 aromatic carbocycles. The lowest BCUT2D eigenvalue weighted by Crippen LogP contribution is -2.21. The van der Waals surface area contributed by atoms with Gasteiger partial charge in [-0.15, -0.1) is 0 Å². The molecule has 2 amide bonds. The predicted octanol–water partition coefficient (Wildman–Crippen LogP) is 6.56. The quantitative estimate of drug-likeness (QED) is 0.316. The van der Waals surface area contributed by atoms with Gasteiger partial charge in [0.15, 0.2) is 0 Å². The molecule has 7 nitrogen and oxygen atoms in total. The maximum Gasteiger partial charge on any atom is 0.323 e. The number of ether oxygens (including phenoxy) is 2. The number of carbonyl (C=O) groups is 1. The third-order valence-corrected chi connectivity index (χ3v) is 5.43. The molecular formula is C27H28N4O3. The number of nitrogen functional groups attached to an aromatic ring is 1. The fourth-order valence-corrected chi connectivity index (χ4v) is 3.64. The highest BCUT2D eigenvalue weighted by molar-refractivity contribution is 6.08. The second-order valence-corrected chi connectivity index (χ2v) is 8.92. The first-order valence-electron chi connectivity index (χ1n) is 10.9. The molecule has 174 valence electrons. The average molecular weight is 457 g/mol. The minimum absolute atomic E-state index is 0.0648. The SMILES string of the molecule is COc1ccc(C(C)(C)C)cc1NC(=O)Nc1ccc(Oc2ccnc(N)c2)c2ccccc12. The maximum absolute atomic E-state index is 12.9. The lowest BCUT2D eigenvalue weighted by atomic mass is 9.87. The molecule has 0 saturated heterocycles. The Morgan fingerprint density at radius 3 is 2.29 bits per heavy atom. The second kappa shape index (κ2) is 9.31. The van der Waals surface area contributed by atoms with E-state index in [2.05, 4.69) is 36.4 Å². The van der Waals surface area contributed by atoms with Crippen LogP contribution in [0.3, 0.4) is 0 Å². The molecule has 0 spiro atoms. The zero-order valence-electron chi connectivity index (χ0n) is 19.7. The van der Waals surface area contributed by atoms with Crippen molar-refractivity contribution in [3.8, 4) is 17.2 Å². The van der Waals surface area contributed by atoms with E-state index in [0.717, 1.165) is 16.3 Å². The van der Waals surface area contributed by atoms with Crippen LogP contribution in [0.2, 0.25) is 0 Å². The number of hydrogen-bond donors (Lipinski definition) is 3. The van der Waals surface area contributed by atoms with Gasteiger partial charge in [-0.3, -0.25) is 0 Å². The van der Waals surface area contributed by atoms with Gasteiger partial charge in [0, 0.05) is 23.0 Å². The Hall–Kier alpha value is -4.26. The van der Waals surface area contributed by atoms with Crippen LogP contribution >= 0.6 is 0 Å². The van der Waals surface area contributed by atoms with Gasteiger partial charge in [-0.1, -0.05) is 51.1 Å². The van der Waals surface area contributed by atoms with E-state index in [1.54, 1.807) is 25.4 Å². The lowest BCUT2D eigenvalue weighted by molar-refractivity contribution is 0.262. The summed E-state index contributed by atoms with van der Waals surface area (Å²) in [5, 5.41) is 7.56. The number of nitrogens with two attached hydrogens (primary N) is 1. The molecule has 0 unspecified atom stereocenters. The summed E-state index contributed by atoms with van der Waals surface area (Å²) in [7, 11) is 1.58. The number of amides is 2. The summed E-state index contributed by atoms with van der Waals surface area (Å²) in [6.07, 6.45) is 1.59. The Bertz CT molecular complexity index is 1350. The number of fused-ring (bicyclic) bond motifs is 1. The topological polar surface area (TPSA) is 98.5 Å². The Morgan fingerprint density at radius 2 is 1.59 bits per heavy atom. The van der Waals surface area contributed by atoms with Gasteiger partial charge in [0.1, 0.15) is 23.1 Å². The van der Waals surface area contributed by atoms with Crippen LogP contribution in [-0.2, 0) is 5.41 Å². The second-order valence-electron chi connectivity index (χ2n) is 8.92. The van der Waals surface area contributed by atoms with Crippen molar-refractivity contribution >= 4 is 34.0 Å². The average Bonchev–Trinajstić information content (AvgIpc) is 2.80. The summed E-state index contributed by atoms with van der Waals surface area (Å²) in [4.78, 5) is 16.9. The van der Waals surface area contributed by atoms with Gasteiger partial charge in [-0.05, 0) is 41.3 Å². The number of benzene rings is 3. The van der Waals surface area contributed by atoms with Crippen molar-refractivity contribution in [2.75, 3.05) is 23.5 Å². The monoisotopic (exact) mass is 456 g/mol. The van der Waals surface area contributed by atoms with Crippen molar-refractivity contribution < 1.29 is 14.3 Å². The van der Waals surface area contributed by atoms with E-state index in [9.17, 15) is 4.79 Å². The van der Waals surface area contributed by atoms with Gasteiger partial charge in [0.25, 0.3) is 0 Å². The number of urea groups is 1. The van der Waals surface area contributed by atoms with E-state index in [-0.39, 0.29) is 11.4 Å². The fraction of sp³-hybridized carbons (Fsp3) is 0.185. The van der Waals surface area contributed by atoms with Crippen molar-refractivity contribution in [1.82, 2.24) is 4.98 Å². The van der Waals surface area contributed by atoms with E-state index in [1.165, 1.54) is 0 Å². The van der Waals surface area contributed by atoms with E-state index in [1.807, 2.05) is 54.6 Å². The van der Waals surface area contributed by atoms with E-state index < -0.39 is 0 Å². The molecule has 4 rings (SSSR count). The maximum atomic E-state index is 12.9. The van der Waals surface area contributed by atoms with E-state index >= 15 is 0 Å². The Morgan fingerprint density at radius 1 is 0.882 bits per heavy atom. The molecule has 0 radical (unpaired) electrons. The van der Waals surface area contributed by atoms with Gasteiger partial charge in [0.05, 0.1) is 18.5 Å². The molecule has 0 aliphatic heterocycles. The highest BCUT2D eigenvalue weighted by Gasteiger charge is 2.17. The molecule has 0 atom stereocenters. The van der Waals surface area contributed by atoms with Crippen LogP contribution in [0.1, 0.15) is 26.3 Å². The number of carbonyl (C=O) groups excluding carboxylic acids is 1. The summed E-state index contributed by atoms with van der Waals surface area (Å²) in [5.41, 5.74) is 8.05. The highest BCUT2D eigenvalue weighted by atomic mass is 16.5. The predicted molar refractivity (Wildman–Crippen MR) is 137 cm³/mol. The molecule has 1 heterocycles. The molecule has 34 heavy (non-hydrogen) atoms. The number of nitrogens with zero attached hydrogens (tertiary/aromatic N) is 1. The summed E-state index contributed by atoms with van der Waals surface area (Å²) in [5.74, 6) is 2.20. The summed E-state index contributed by atoms with van der Waals surface area (Å²) in [6, 6.07) is 20.2. The van der Waals surface area contributed by atoms with Crippen LogP contribution in [0.4, 0.5) is 22.0 Å². The zero-order valence-corrected chi connectivity index (χ0v) is 19.7. The van der Waals surface area contributed by atoms with Crippen molar-refractivity contribution in [3.63, 3.8) is 0 Å². The van der Waals surface area contributed by atoms with Gasteiger partial charge in [-0.2, -0.15) is 0 Å². The standard InChI is InChI=1S/C27H28N4O3/c1-27(2,3)17-9-11-24(33-4)22(15-17)31-26(32)30-21-10-12-23(20-8-6-5-7-19(20)21)34-18-13-14-29-25(28)16-18/h5-16H,1-4H3,(H2,28,29)(H2,30,31,32). The minimum atomic E-state index is -0.370. The smallest absolute Gasteiger partial charge is 0.323 e. The number of pyridine rings is 1. The zero-order chi connectivity index (χ0) is 24.3. The number of methoxy groups -OCH3 is 1. The van der Waals surface area contributed by atoms with Crippen LogP contribution in [0.15, 0.2) is 72.9 Å². The third kappa shape index (κ3) is 5.04. The van der Waals surface area contributed by atoms with E-state index in [4.69, 9.17) is 15.2 Å². The Balaban J connectivity index is 1.60. The van der Waals surface area contributed by atoms with Crippen molar-refractivity contribution in [2.24, 2.45) is 0 Å². The van der Waals surface area contributed by atoms with Gasteiger partial charge >= 0.3 is 6.03 Å². The first-order chi connectivity index (χ1) is 16.2. The number of nitrogens with one attached hydrogen (secondary N) is 2. The number of rotatable bonds is 5. The first-order valence-corrected chi connectivity index (χ1v) is 10.9. The summed E-state index contributed by atoms with van der Waals surface area (Å²) in [6.45, 7) is 6.36. The first kappa shape index (κ1) is 22.9. The molecule has 0 saturated carbocycles. The third-order valence-electron chi connectivity index (χ3n) is 5.43. The van der Waals surface area contributed by atoms with Crippen molar-refractivity contribution in [3.05, 3.63) is 78.5 Å². The molecule has 7 heteroatoms. The van der Waals surface area contributed by atoms with Crippen LogP contribution < -0.4 is 25.8 Å². The van der Waals surface area contributed by atoms with Crippen LogP contribution in [0.5, 0.6) is 17.2 Å². The van der Waals surface area contributed by atoms with Gasteiger partial charge in [-0.25, -0.2) is 9.78 Å². The lowest BCUT2D eigenvalue weighted by Gasteiger charge is -2.21. The molecule has 0 aliphatic carbocycles. The fourth-order valence-electron chi connectivity index (χ4n) is 3.64. The molecule has 4 aromatic rings. The summed E-state index contributed by atoms with van der Waals surface area (Å²) >= 11 is 0. The Labute approximate surface area is 198 Å². The largest absolute Gasteiger partial charge is 0.495 e. The molecule has 0 fully saturated rings. The molecule has 0 aliphatic rings. The minimum Gasteiger partial charge on any atom is -0.495 e. The van der Waals surface area contributed by atoms with Crippen molar-refractivity contribution in [2.45, 2.75) is 26.2 Å². The van der Waals surface area contributed by atoms with Crippen LogP contribution in [-0.4, -0.2) is 18.1 Å². The number of aromatic nitrogens is 1.